The van der Waals surface area contributed by atoms with E-state index in [0.717, 1.165) is 22.8 Å². The van der Waals surface area contributed by atoms with Gasteiger partial charge in [-0.05, 0) is 29.8 Å². The molecule has 0 aliphatic carbocycles. The van der Waals surface area contributed by atoms with Gasteiger partial charge in [0.05, 0.1) is 12.8 Å². The third-order valence-corrected chi connectivity index (χ3v) is 3.99. The number of hydrogen-bond donors (Lipinski definition) is 1. The summed E-state index contributed by atoms with van der Waals surface area (Å²) in [7, 11) is 1.65. The van der Waals surface area contributed by atoms with E-state index in [9.17, 15) is 0 Å². The van der Waals surface area contributed by atoms with E-state index < -0.39 is 0 Å². The zero-order valence-electron chi connectivity index (χ0n) is 13.8. The highest BCUT2D eigenvalue weighted by atomic mass is 16.5. The number of anilines is 1. The van der Waals surface area contributed by atoms with Crippen LogP contribution in [-0.2, 0) is 6.54 Å². The van der Waals surface area contributed by atoms with Gasteiger partial charge in [0, 0.05) is 18.2 Å². The van der Waals surface area contributed by atoms with Crippen LogP contribution in [0.2, 0.25) is 0 Å². The Morgan fingerprint density at radius 2 is 1.84 bits per heavy atom. The van der Waals surface area contributed by atoms with Gasteiger partial charge in [-0.2, -0.15) is 0 Å². The van der Waals surface area contributed by atoms with Gasteiger partial charge in [0.15, 0.2) is 0 Å². The smallest absolute Gasteiger partial charge is 0.256 e. The molecule has 6 nitrogen and oxygen atoms in total. The fourth-order valence-electron chi connectivity index (χ4n) is 2.65. The SMILES string of the molecule is COc1ccc(-c2cc(NCc3ccccc3)n3cnnc3n2)cc1. The number of hydrogen-bond acceptors (Lipinski definition) is 5. The lowest BCUT2D eigenvalue weighted by atomic mass is 10.1. The molecule has 25 heavy (non-hydrogen) atoms. The minimum absolute atomic E-state index is 0.559. The molecule has 0 radical (unpaired) electrons. The molecular formula is C19H17N5O. The van der Waals surface area contributed by atoms with Crippen molar-refractivity contribution in [3.05, 3.63) is 72.6 Å². The van der Waals surface area contributed by atoms with Gasteiger partial charge in [0.2, 0.25) is 0 Å². The Kier molecular flexibility index (Phi) is 4.00. The molecule has 2 aromatic carbocycles. The standard InChI is InChI=1S/C19H17N5O/c1-25-16-9-7-15(8-10-16)17-11-18(24-13-21-23-19(24)22-17)20-12-14-5-3-2-4-6-14/h2-11,13,20H,12H2,1H3. The maximum absolute atomic E-state index is 5.21. The maximum Gasteiger partial charge on any atom is 0.256 e. The number of methoxy groups -OCH3 is 1. The third-order valence-electron chi connectivity index (χ3n) is 3.99. The lowest BCUT2D eigenvalue weighted by molar-refractivity contribution is 0.415. The lowest BCUT2D eigenvalue weighted by Gasteiger charge is -2.11. The second kappa shape index (κ2) is 6.60. The molecule has 0 bridgehead atoms. The first-order chi connectivity index (χ1) is 12.3. The molecule has 2 aromatic heterocycles. The van der Waals surface area contributed by atoms with Crippen molar-refractivity contribution in [1.82, 2.24) is 19.6 Å². The Bertz CT molecular complexity index is 980. The van der Waals surface area contributed by atoms with Crippen molar-refractivity contribution in [2.24, 2.45) is 0 Å². The molecule has 2 heterocycles. The molecule has 124 valence electrons. The van der Waals surface area contributed by atoms with Gasteiger partial charge in [0.25, 0.3) is 5.78 Å². The molecule has 0 amide bonds. The van der Waals surface area contributed by atoms with Crippen LogP contribution in [0.15, 0.2) is 67.0 Å². The maximum atomic E-state index is 5.21. The fraction of sp³-hybridized carbons (Fsp3) is 0.105. The average Bonchev–Trinajstić information content (AvgIpc) is 3.16. The number of fused-ring (bicyclic) bond motifs is 1. The van der Waals surface area contributed by atoms with Crippen molar-refractivity contribution in [3.63, 3.8) is 0 Å². The van der Waals surface area contributed by atoms with Gasteiger partial charge in [-0.1, -0.05) is 30.3 Å². The lowest BCUT2D eigenvalue weighted by Crippen LogP contribution is -2.05. The zero-order valence-corrected chi connectivity index (χ0v) is 13.8. The molecule has 6 heteroatoms. The van der Waals surface area contributed by atoms with Crippen LogP contribution in [0.25, 0.3) is 17.0 Å². The quantitative estimate of drug-likeness (QED) is 0.607. The monoisotopic (exact) mass is 331 g/mol. The summed E-state index contributed by atoms with van der Waals surface area (Å²) in [4.78, 5) is 4.59. The predicted octanol–water partition coefficient (Wildman–Crippen LogP) is 3.41. The largest absolute Gasteiger partial charge is 0.497 e. The summed E-state index contributed by atoms with van der Waals surface area (Å²) < 4.78 is 7.06. The van der Waals surface area contributed by atoms with Crippen LogP contribution in [-0.4, -0.2) is 26.7 Å². The van der Waals surface area contributed by atoms with Crippen LogP contribution < -0.4 is 10.1 Å². The zero-order chi connectivity index (χ0) is 17.1. The number of nitrogens with one attached hydrogen (secondary N) is 1. The predicted molar refractivity (Wildman–Crippen MR) is 96.5 cm³/mol. The van der Waals surface area contributed by atoms with Gasteiger partial charge in [-0.3, -0.25) is 4.40 Å². The number of benzene rings is 2. The molecule has 0 atom stereocenters. The van der Waals surface area contributed by atoms with E-state index in [4.69, 9.17) is 4.74 Å². The number of ether oxygens (including phenoxy) is 1. The van der Waals surface area contributed by atoms with E-state index in [1.54, 1.807) is 13.4 Å². The van der Waals surface area contributed by atoms with Crippen LogP contribution in [0.1, 0.15) is 5.56 Å². The molecule has 0 saturated heterocycles. The van der Waals surface area contributed by atoms with Crippen LogP contribution in [0, 0.1) is 0 Å². The second-order valence-corrected chi connectivity index (χ2v) is 5.60. The first-order valence-electron chi connectivity index (χ1n) is 7.96. The Labute approximate surface area is 145 Å². The van der Waals surface area contributed by atoms with Gasteiger partial charge in [0.1, 0.15) is 17.9 Å². The summed E-state index contributed by atoms with van der Waals surface area (Å²) in [5.41, 5.74) is 3.03. The Morgan fingerprint density at radius 3 is 2.60 bits per heavy atom. The van der Waals surface area contributed by atoms with Crippen molar-refractivity contribution < 1.29 is 4.74 Å². The van der Waals surface area contributed by atoms with Crippen molar-refractivity contribution in [1.29, 1.82) is 0 Å². The summed E-state index contributed by atoms with van der Waals surface area (Å²) >= 11 is 0. The highest BCUT2D eigenvalue weighted by Gasteiger charge is 2.09. The van der Waals surface area contributed by atoms with Crippen molar-refractivity contribution in [2.75, 3.05) is 12.4 Å². The first-order valence-corrected chi connectivity index (χ1v) is 7.96. The van der Waals surface area contributed by atoms with E-state index in [0.29, 0.717) is 12.3 Å². The molecule has 0 saturated carbocycles. The number of aromatic nitrogens is 4. The van der Waals surface area contributed by atoms with E-state index in [1.807, 2.05) is 52.9 Å². The van der Waals surface area contributed by atoms with Crippen LogP contribution in [0.3, 0.4) is 0 Å². The Balaban J connectivity index is 1.69. The van der Waals surface area contributed by atoms with Crippen LogP contribution in [0.5, 0.6) is 5.75 Å². The molecule has 4 aromatic rings. The normalized spacial score (nSPS) is 10.8. The van der Waals surface area contributed by atoms with Crippen molar-refractivity contribution in [3.8, 4) is 17.0 Å². The highest BCUT2D eigenvalue weighted by Crippen LogP contribution is 2.24. The summed E-state index contributed by atoms with van der Waals surface area (Å²) in [5, 5.41) is 11.5. The van der Waals surface area contributed by atoms with Crippen molar-refractivity contribution in [2.45, 2.75) is 6.54 Å². The third kappa shape index (κ3) is 3.14. The molecule has 0 unspecified atom stereocenters. The van der Waals surface area contributed by atoms with Gasteiger partial charge < -0.3 is 10.1 Å². The summed E-state index contributed by atoms with van der Waals surface area (Å²) in [6.45, 7) is 0.709. The molecule has 0 fully saturated rings. The summed E-state index contributed by atoms with van der Waals surface area (Å²) in [6, 6.07) is 20.0. The molecular weight excluding hydrogens is 314 g/mol. The van der Waals surface area contributed by atoms with E-state index in [-0.39, 0.29) is 0 Å². The average molecular weight is 331 g/mol. The van der Waals surface area contributed by atoms with Crippen molar-refractivity contribution >= 4 is 11.6 Å². The van der Waals surface area contributed by atoms with Crippen LogP contribution >= 0.6 is 0 Å². The minimum atomic E-state index is 0.559. The summed E-state index contributed by atoms with van der Waals surface area (Å²) in [5.74, 6) is 2.27. The first kappa shape index (κ1) is 15.1. The highest BCUT2D eigenvalue weighted by molar-refractivity contribution is 5.66. The second-order valence-electron chi connectivity index (χ2n) is 5.60. The number of rotatable bonds is 5. The topological polar surface area (TPSA) is 64.3 Å². The molecule has 0 aliphatic heterocycles. The van der Waals surface area contributed by atoms with E-state index in [2.05, 4.69) is 32.6 Å². The Morgan fingerprint density at radius 1 is 1.04 bits per heavy atom. The fourth-order valence-corrected chi connectivity index (χ4v) is 2.65. The molecule has 1 N–H and O–H groups in total. The van der Waals surface area contributed by atoms with Crippen LogP contribution in [0.4, 0.5) is 5.82 Å². The van der Waals surface area contributed by atoms with E-state index in [1.165, 1.54) is 5.56 Å². The molecule has 0 aliphatic rings. The molecule has 0 spiro atoms. The Hall–Kier alpha value is -3.41. The molecule has 4 rings (SSSR count). The van der Waals surface area contributed by atoms with Gasteiger partial charge in [-0.15, -0.1) is 10.2 Å². The summed E-state index contributed by atoms with van der Waals surface area (Å²) in [6.07, 6.45) is 1.66. The van der Waals surface area contributed by atoms with E-state index >= 15 is 0 Å². The number of nitrogens with zero attached hydrogens (tertiary/aromatic N) is 4. The van der Waals surface area contributed by atoms with Gasteiger partial charge in [-0.25, -0.2) is 4.98 Å². The minimum Gasteiger partial charge on any atom is -0.497 e. The van der Waals surface area contributed by atoms with Gasteiger partial charge >= 0.3 is 0 Å².